The van der Waals surface area contributed by atoms with Gasteiger partial charge in [0.2, 0.25) is 5.75 Å². The molecule has 0 aliphatic carbocycles. The summed E-state index contributed by atoms with van der Waals surface area (Å²) in [6, 6.07) is 3.56. The number of benzene rings is 1. The second-order valence-electron chi connectivity index (χ2n) is 3.35. The molecule has 0 atom stereocenters. The maximum absolute atomic E-state index is 12.0. The van der Waals surface area contributed by atoms with Gasteiger partial charge in [-0.15, -0.1) is 11.6 Å². The van der Waals surface area contributed by atoms with Crippen molar-refractivity contribution in [3.05, 3.63) is 17.7 Å². The number of halogens is 2. The lowest BCUT2D eigenvalue weighted by Gasteiger charge is -2.15. The van der Waals surface area contributed by atoms with Crippen LogP contribution in [-0.2, 0) is 5.88 Å². The Balaban J connectivity index is 2.98. The van der Waals surface area contributed by atoms with Gasteiger partial charge in [-0.05, 0) is 17.7 Å². The van der Waals surface area contributed by atoms with E-state index in [1.165, 1.54) is 14.2 Å². The first-order chi connectivity index (χ1) is 8.26. The van der Waals surface area contributed by atoms with Gasteiger partial charge in [0.05, 0.1) is 27.5 Å². The summed E-state index contributed by atoms with van der Waals surface area (Å²) in [5.74, 6) is 1.92. The average Bonchev–Trinajstić information content (AvgIpc) is 2.38. The van der Waals surface area contributed by atoms with Crippen LogP contribution in [0.25, 0.3) is 0 Å². The Bertz CT molecular complexity index is 333. The van der Waals surface area contributed by atoms with Gasteiger partial charge in [0, 0.05) is 12.3 Å². The van der Waals surface area contributed by atoms with Crippen LogP contribution in [0.3, 0.4) is 0 Å². The SMILES string of the molecule is COc1cc(CCl)cc(OC)c1OCCCF. The first kappa shape index (κ1) is 13.9. The fourth-order valence-electron chi connectivity index (χ4n) is 1.38. The fraction of sp³-hybridized carbons (Fsp3) is 0.500. The van der Waals surface area contributed by atoms with Gasteiger partial charge in [0.25, 0.3) is 0 Å². The van der Waals surface area contributed by atoms with Crippen LogP contribution in [0, 0.1) is 0 Å². The molecule has 96 valence electrons. The van der Waals surface area contributed by atoms with Gasteiger partial charge in [-0.1, -0.05) is 0 Å². The minimum Gasteiger partial charge on any atom is -0.493 e. The van der Waals surface area contributed by atoms with E-state index in [-0.39, 0.29) is 6.61 Å². The van der Waals surface area contributed by atoms with E-state index in [4.69, 9.17) is 25.8 Å². The van der Waals surface area contributed by atoms with Crippen molar-refractivity contribution in [1.29, 1.82) is 0 Å². The van der Waals surface area contributed by atoms with Crippen molar-refractivity contribution in [2.75, 3.05) is 27.5 Å². The maximum atomic E-state index is 12.0. The molecule has 0 aromatic heterocycles. The Labute approximate surface area is 105 Å². The molecule has 17 heavy (non-hydrogen) atoms. The van der Waals surface area contributed by atoms with Crippen LogP contribution in [-0.4, -0.2) is 27.5 Å². The van der Waals surface area contributed by atoms with Crippen molar-refractivity contribution in [2.24, 2.45) is 0 Å². The van der Waals surface area contributed by atoms with E-state index < -0.39 is 6.67 Å². The van der Waals surface area contributed by atoms with E-state index in [1.54, 1.807) is 12.1 Å². The third-order valence-electron chi connectivity index (χ3n) is 2.20. The predicted octanol–water partition coefficient (Wildman–Crippen LogP) is 3.18. The molecule has 0 fully saturated rings. The third-order valence-corrected chi connectivity index (χ3v) is 2.51. The van der Waals surface area contributed by atoms with Crippen molar-refractivity contribution in [1.82, 2.24) is 0 Å². The van der Waals surface area contributed by atoms with E-state index in [0.717, 1.165) is 5.56 Å². The lowest BCUT2D eigenvalue weighted by Crippen LogP contribution is -2.02. The molecule has 0 aliphatic heterocycles. The Hall–Kier alpha value is -1.16. The molecule has 3 nitrogen and oxygen atoms in total. The largest absolute Gasteiger partial charge is 0.493 e. The second kappa shape index (κ2) is 7.22. The number of methoxy groups -OCH3 is 2. The fourth-order valence-corrected chi connectivity index (χ4v) is 1.54. The number of rotatable bonds is 7. The summed E-state index contributed by atoms with van der Waals surface area (Å²) < 4.78 is 27.9. The van der Waals surface area contributed by atoms with E-state index in [1.807, 2.05) is 0 Å². The molecule has 0 N–H and O–H groups in total. The summed E-state index contributed by atoms with van der Waals surface area (Å²) >= 11 is 5.76. The summed E-state index contributed by atoms with van der Waals surface area (Å²) in [6.45, 7) is -0.131. The van der Waals surface area contributed by atoms with Crippen molar-refractivity contribution in [3.8, 4) is 17.2 Å². The monoisotopic (exact) mass is 262 g/mol. The molecule has 0 bridgehead atoms. The van der Waals surface area contributed by atoms with E-state index in [2.05, 4.69) is 0 Å². The van der Waals surface area contributed by atoms with Gasteiger partial charge in [-0.25, -0.2) is 0 Å². The van der Waals surface area contributed by atoms with Crippen LogP contribution < -0.4 is 14.2 Å². The van der Waals surface area contributed by atoms with Gasteiger partial charge in [0.15, 0.2) is 11.5 Å². The van der Waals surface area contributed by atoms with Crippen molar-refractivity contribution in [2.45, 2.75) is 12.3 Å². The lowest BCUT2D eigenvalue weighted by molar-refractivity contribution is 0.258. The summed E-state index contributed by atoms with van der Waals surface area (Å²) in [5.41, 5.74) is 0.873. The highest BCUT2D eigenvalue weighted by Crippen LogP contribution is 2.38. The Morgan fingerprint density at radius 1 is 1.18 bits per heavy atom. The molecule has 1 rings (SSSR count). The Morgan fingerprint density at radius 2 is 1.76 bits per heavy atom. The van der Waals surface area contributed by atoms with Gasteiger partial charge in [-0.3, -0.25) is 4.39 Å². The zero-order valence-corrected chi connectivity index (χ0v) is 10.7. The second-order valence-corrected chi connectivity index (χ2v) is 3.62. The van der Waals surface area contributed by atoms with Crippen LogP contribution in [0.15, 0.2) is 12.1 Å². The van der Waals surface area contributed by atoms with Crippen molar-refractivity contribution in [3.63, 3.8) is 0 Å². The number of hydrogen-bond donors (Lipinski definition) is 0. The van der Waals surface area contributed by atoms with Crippen molar-refractivity contribution >= 4 is 11.6 Å². The van der Waals surface area contributed by atoms with E-state index >= 15 is 0 Å². The topological polar surface area (TPSA) is 27.7 Å². The summed E-state index contributed by atoms with van der Waals surface area (Å²) in [6.07, 6.45) is 0.337. The summed E-state index contributed by atoms with van der Waals surface area (Å²) in [5, 5.41) is 0. The highest BCUT2D eigenvalue weighted by Gasteiger charge is 2.13. The van der Waals surface area contributed by atoms with Crippen LogP contribution in [0.2, 0.25) is 0 Å². The number of hydrogen-bond acceptors (Lipinski definition) is 3. The molecule has 1 aromatic rings. The van der Waals surface area contributed by atoms with Crippen LogP contribution in [0.1, 0.15) is 12.0 Å². The number of ether oxygens (including phenoxy) is 3. The maximum Gasteiger partial charge on any atom is 0.203 e. The van der Waals surface area contributed by atoms with E-state index in [0.29, 0.717) is 29.5 Å². The Kier molecular flexibility index (Phi) is 5.91. The minimum atomic E-state index is -0.412. The third kappa shape index (κ3) is 3.66. The van der Waals surface area contributed by atoms with Crippen LogP contribution in [0.4, 0.5) is 4.39 Å². The molecular formula is C12H16ClFO3. The zero-order valence-electron chi connectivity index (χ0n) is 9.96. The predicted molar refractivity (Wildman–Crippen MR) is 65.2 cm³/mol. The quantitative estimate of drug-likeness (QED) is 0.558. The molecule has 0 heterocycles. The van der Waals surface area contributed by atoms with E-state index in [9.17, 15) is 4.39 Å². The molecule has 5 heteroatoms. The summed E-state index contributed by atoms with van der Waals surface area (Å²) in [7, 11) is 3.07. The lowest BCUT2D eigenvalue weighted by atomic mass is 10.2. The first-order valence-electron chi connectivity index (χ1n) is 5.26. The smallest absolute Gasteiger partial charge is 0.203 e. The Morgan fingerprint density at radius 3 is 2.18 bits per heavy atom. The zero-order chi connectivity index (χ0) is 12.7. The molecule has 0 saturated heterocycles. The molecule has 0 spiro atoms. The molecule has 1 aromatic carbocycles. The molecule has 0 amide bonds. The van der Waals surface area contributed by atoms with Gasteiger partial charge < -0.3 is 14.2 Å². The average molecular weight is 263 g/mol. The molecule has 0 unspecified atom stereocenters. The first-order valence-corrected chi connectivity index (χ1v) is 5.79. The van der Waals surface area contributed by atoms with Crippen LogP contribution >= 0.6 is 11.6 Å². The van der Waals surface area contributed by atoms with Crippen molar-refractivity contribution < 1.29 is 18.6 Å². The van der Waals surface area contributed by atoms with Crippen LogP contribution in [0.5, 0.6) is 17.2 Å². The highest BCUT2D eigenvalue weighted by atomic mass is 35.5. The van der Waals surface area contributed by atoms with Gasteiger partial charge >= 0.3 is 0 Å². The molecule has 0 saturated carbocycles. The highest BCUT2D eigenvalue weighted by molar-refractivity contribution is 6.17. The van der Waals surface area contributed by atoms with Gasteiger partial charge in [0.1, 0.15) is 0 Å². The summed E-state index contributed by atoms with van der Waals surface area (Å²) in [4.78, 5) is 0. The molecular weight excluding hydrogens is 247 g/mol. The molecule has 0 radical (unpaired) electrons. The minimum absolute atomic E-state index is 0.281. The number of alkyl halides is 2. The normalized spacial score (nSPS) is 10.1. The van der Waals surface area contributed by atoms with Gasteiger partial charge in [-0.2, -0.15) is 0 Å². The standard InChI is InChI=1S/C12H16ClFO3/c1-15-10-6-9(8-13)7-11(16-2)12(10)17-5-3-4-14/h6-7H,3-5,8H2,1-2H3. The molecule has 0 aliphatic rings.